The van der Waals surface area contributed by atoms with Crippen molar-refractivity contribution in [1.82, 2.24) is 4.98 Å². The fourth-order valence-electron chi connectivity index (χ4n) is 2.18. The number of hydrogen-bond donors (Lipinski definition) is 1. The highest BCUT2D eigenvalue weighted by Crippen LogP contribution is 2.33. The first-order chi connectivity index (χ1) is 9.34. The van der Waals surface area contributed by atoms with Crippen LogP contribution in [-0.4, -0.2) is 17.5 Å². The Balaban J connectivity index is 1.86. The molecule has 0 saturated heterocycles. The average molecular weight is 254 g/mol. The highest BCUT2D eigenvalue weighted by Gasteiger charge is 2.16. The summed E-state index contributed by atoms with van der Waals surface area (Å²) in [5.41, 5.74) is 2.41. The molecular weight excluding hydrogens is 240 g/mol. The van der Waals surface area contributed by atoms with Crippen molar-refractivity contribution in [3.05, 3.63) is 53.9 Å². The van der Waals surface area contributed by atoms with Crippen molar-refractivity contribution in [2.24, 2.45) is 0 Å². The van der Waals surface area contributed by atoms with Crippen molar-refractivity contribution in [1.29, 1.82) is 0 Å². The topological polar surface area (TPSA) is 51.2 Å². The molecule has 0 spiro atoms. The van der Waals surface area contributed by atoms with Crippen LogP contribution in [0, 0.1) is 0 Å². The fraction of sp³-hybridized carbons (Fsp3) is 0.200. The maximum Gasteiger partial charge on any atom is 0.257 e. The third-order valence-corrected chi connectivity index (χ3v) is 3.11. The molecule has 0 bridgehead atoms. The van der Waals surface area contributed by atoms with Gasteiger partial charge < -0.3 is 10.1 Å². The Kier molecular flexibility index (Phi) is 3.14. The van der Waals surface area contributed by atoms with Gasteiger partial charge in [-0.3, -0.25) is 9.78 Å². The van der Waals surface area contributed by atoms with Gasteiger partial charge >= 0.3 is 0 Å². The van der Waals surface area contributed by atoms with Crippen molar-refractivity contribution < 1.29 is 9.53 Å². The number of amides is 1. The van der Waals surface area contributed by atoms with E-state index in [2.05, 4.69) is 10.3 Å². The van der Waals surface area contributed by atoms with Crippen molar-refractivity contribution >= 4 is 11.6 Å². The zero-order chi connectivity index (χ0) is 13.1. The van der Waals surface area contributed by atoms with Crippen LogP contribution in [0.25, 0.3) is 0 Å². The second kappa shape index (κ2) is 5.10. The van der Waals surface area contributed by atoms with Crippen LogP contribution in [0.2, 0.25) is 0 Å². The smallest absolute Gasteiger partial charge is 0.257 e. The van der Waals surface area contributed by atoms with Crippen LogP contribution in [0.3, 0.4) is 0 Å². The van der Waals surface area contributed by atoms with E-state index in [-0.39, 0.29) is 5.91 Å². The molecule has 3 rings (SSSR count). The average Bonchev–Trinajstić information content (AvgIpc) is 2.48. The summed E-state index contributed by atoms with van der Waals surface area (Å²) in [6.45, 7) is 0.701. The van der Waals surface area contributed by atoms with Crippen LogP contribution in [0.15, 0.2) is 42.7 Å². The van der Waals surface area contributed by atoms with E-state index in [1.54, 1.807) is 24.5 Å². The number of aromatic nitrogens is 1. The number of anilines is 1. The molecule has 2 heterocycles. The van der Waals surface area contributed by atoms with Crippen LogP contribution in [0.1, 0.15) is 22.3 Å². The maximum atomic E-state index is 12.1. The van der Waals surface area contributed by atoms with Gasteiger partial charge in [0.05, 0.1) is 17.9 Å². The van der Waals surface area contributed by atoms with Gasteiger partial charge in [-0.2, -0.15) is 0 Å². The standard InChI is InChI=1S/C15H14N2O2/c18-15(12-5-2-8-16-10-12)17-13-7-1-4-11-6-3-9-19-14(11)13/h1-2,4-5,7-8,10H,3,6,9H2,(H,17,18). The summed E-state index contributed by atoms with van der Waals surface area (Å²) in [5.74, 6) is 0.627. The molecule has 1 N–H and O–H groups in total. The largest absolute Gasteiger partial charge is 0.491 e. The van der Waals surface area contributed by atoms with Crippen molar-refractivity contribution in [3.63, 3.8) is 0 Å². The third kappa shape index (κ3) is 2.42. The normalized spacial score (nSPS) is 13.3. The maximum absolute atomic E-state index is 12.1. The number of para-hydroxylation sites is 1. The van der Waals surface area contributed by atoms with Crippen LogP contribution in [0.4, 0.5) is 5.69 Å². The molecule has 0 fully saturated rings. The number of hydrogen-bond acceptors (Lipinski definition) is 3. The Bertz CT molecular complexity index is 596. The fourth-order valence-corrected chi connectivity index (χ4v) is 2.18. The molecule has 0 atom stereocenters. The van der Waals surface area contributed by atoms with E-state index in [1.807, 2.05) is 18.2 Å². The molecule has 1 aliphatic heterocycles. The predicted octanol–water partition coefficient (Wildman–Crippen LogP) is 2.66. The number of carbonyl (C=O) groups is 1. The summed E-state index contributed by atoms with van der Waals surface area (Å²) < 4.78 is 5.66. The van der Waals surface area contributed by atoms with E-state index in [4.69, 9.17) is 4.74 Å². The number of rotatable bonds is 2. The molecule has 1 aromatic carbocycles. The Labute approximate surface area is 111 Å². The van der Waals surface area contributed by atoms with Crippen LogP contribution >= 0.6 is 0 Å². The number of benzene rings is 1. The van der Waals surface area contributed by atoms with E-state index < -0.39 is 0 Å². The van der Waals surface area contributed by atoms with Gasteiger partial charge in [0.1, 0.15) is 5.75 Å². The molecule has 1 aliphatic rings. The minimum absolute atomic E-state index is 0.171. The van der Waals surface area contributed by atoms with Gasteiger partial charge in [0.25, 0.3) is 5.91 Å². The van der Waals surface area contributed by atoms with Gasteiger partial charge in [0.2, 0.25) is 0 Å². The molecular formula is C15H14N2O2. The van der Waals surface area contributed by atoms with Crippen molar-refractivity contribution in [2.75, 3.05) is 11.9 Å². The second-order valence-electron chi connectivity index (χ2n) is 4.44. The summed E-state index contributed by atoms with van der Waals surface area (Å²) >= 11 is 0. The minimum Gasteiger partial charge on any atom is -0.491 e. The number of carbonyl (C=O) groups excluding carboxylic acids is 1. The number of nitrogens with zero attached hydrogens (tertiary/aromatic N) is 1. The monoisotopic (exact) mass is 254 g/mol. The summed E-state index contributed by atoms with van der Waals surface area (Å²) in [4.78, 5) is 16.0. The van der Waals surface area contributed by atoms with Crippen molar-refractivity contribution in [2.45, 2.75) is 12.8 Å². The number of ether oxygens (including phenoxy) is 1. The summed E-state index contributed by atoms with van der Waals surface area (Å²) in [6.07, 6.45) is 5.20. The quantitative estimate of drug-likeness (QED) is 0.896. The highest BCUT2D eigenvalue weighted by atomic mass is 16.5. The first-order valence-corrected chi connectivity index (χ1v) is 6.30. The summed E-state index contributed by atoms with van der Waals surface area (Å²) in [7, 11) is 0. The number of fused-ring (bicyclic) bond motifs is 1. The lowest BCUT2D eigenvalue weighted by molar-refractivity contribution is 0.102. The molecule has 96 valence electrons. The van der Waals surface area contributed by atoms with Gasteiger partial charge in [-0.25, -0.2) is 0 Å². The molecule has 0 unspecified atom stereocenters. The van der Waals surface area contributed by atoms with Crippen molar-refractivity contribution in [3.8, 4) is 5.75 Å². The Hall–Kier alpha value is -2.36. The molecule has 0 saturated carbocycles. The molecule has 4 nitrogen and oxygen atoms in total. The van der Waals surface area contributed by atoms with Gasteiger partial charge in [-0.15, -0.1) is 0 Å². The summed E-state index contributed by atoms with van der Waals surface area (Å²) in [6, 6.07) is 9.31. The lowest BCUT2D eigenvalue weighted by atomic mass is 10.1. The lowest BCUT2D eigenvalue weighted by Crippen LogP contribution is -2.16. The van der Waals surface area contributed by atoms with E-state index in [0.717, 1.165) is 29.8 Å². The van der Waals surface area contributed by atoms with Gasteiger partial charge in [-0.1, -0.05) is 12.1 Å². The zero-order valence-electron chi connectivity index (χ0n) is 10.4. The molecule has 2 aromatic rings. The second-order valence-corrected chi connectivity index (χ2v) is 4.44. The van der Waals surface area contributed by atoms with E-state index >= 15 is 0 Å². The van der Waals surface area contributed by atoms with E-state index in [1.165, 1.54) is 0 Å². The molecule has 1 aromatic heterocycles. The third-order valence-electron chi connectivity index (χ3n) is 3.11. The van der Waals surface area contributed by atoms with Crippen LogP contribution in [-0.2, 0) is 6.42 Å². The molecule has 0 radical (unpaired) electrons. The van der Waals surface area contributed by atoms with E-state index in [0.29, 0.717) is 12.2 Å². The van der Waals surface area contributed by atoms with Gasteiger partial charge in [-0.05, 0) is 36.6 Å². The zero-order valence-corrected chi connectivity index (χ0v) is 10.4. The minimum atomic E-state index is -0.171. The van der Waals surface area contributed by atoms with E-state index in [9.17, 15) is 4.79 Å². The Morgan fingerprint density at radius 2 is 2.21 bits per heavy atom. The lowest BCUT2D eigenvalue weighted by Gasteiger charge is -2.20. The van der Waals surface area contributed by atoms with Crippen LogP contribution < -0.4 is 10.1 Å². The van der Waals surface area contributed by atoms with Crippen LogP contribution in [0.5, 0.6) is 5.75 Å². The number of pyridine rings is 1. The summed E-state index contributed by atoms with van der Waals surface area (Å²) in [5, 5.41) is 2.88. The molecule has 19 heavy (non-hydrogen) atoms. The molecule has 1 amide bonds. The Morgan fingerprint density at radius 3 is 3.05 bits per heavy atom. The first-order valence-electron chi connectivity index (χ1n) is 6.30. The number of aryl methyl sites for hydroxylation is 1. The Morgan fingerprint density at radius 1 is 1.26 bits per heavy atom. The highest BCUT2D eigenvalue weighted by molar-refractivity contribution is 6.04. The first kappa shape index (κ1) is 11.7. The molecule has 4 heteroatoms. The van der Waals surface area contributed by atoms with Gasteiger partial charge in [0, 0.05) is 12.4 Å². The molecule has 0 aliphatic carbocycles. The SMILES string of the molecule is O=C(Nc1cccc2c1OCCC2)c1cccnc1. The predicted molar refractivity (Wildman–Crippen MR) is 72.4 cm³/mol. The number of nitrogens with one attached hydrogen (secondary N) is 1. The van der Waals surface area contributed by atoms with Gasteiger partial charge in [0.15, 0.2) is 0 Å².